The number of ether oxygens (including phenoxy) is 1. The van der Waals surface area contributed by atoms with Crippen LogP contribution in [0.3, 0.4) is 0 Å². The van der Waals surface area contributed by atoms with Crippen LogP contribution in [0.1, 0.15) is 56.6 Å². The van der Waals surface area contributed by atoms with E-state index in [2.05, 4.69) is 15.5 Å². The maximum absolute atomic E-state index is 12.5. The third-order valence-electron chi connectivity index (χ3n) is 5.53. The van der Waals surface area contributed by atoms with Crippen LogP contribution in [0, 0.1) is 5.92 Å². The van der Waals surface area contributed by atoms with Gasteiger partial charge in [0.05, 0.1) is 13.2 Å². The van der Waals surface area contributed by atoms with Crippen molar-refractivity contribution >= 4 is 11.9 Å². The highest BCUT2D eigenvalue weighted by molar-refractivity contribution is 5.97. The van der Waals surface area contributed by atoms with E-state index in [9.17, 15) is 9.59 Å². The molecule has 0 aromatic carbocycles. The second-order valence-electron chi connectivity index (χ2n) is 7.31. The molecule has 8 nitrogen and oxygen atoms in total. The van der Waals surface area contributed by atoms with Crippen molar-refractivity contribution in [2.24, 2.45) is 5.92 Å². The highest BCUT2D eigenvalue weighted by Gasteiger charge is 2.34. The maximum atomic E-state index is 12.5. The lowest BCUT2D eigenvalue weighted by molar-refractivity contribution is -0.131. The van der Waals surface area contributed by atoms with Crippen LogP contribution in [0.5, 0.6) is 0 Å². The van der Waals surface area contributed by atoms with Gasteiger partial charge < -0.3 is 14.6 Å². The van der Waals surface area contributed by atoms with Gasteiger partial charge in [0.15, 0.2) is 11.6 Å². The van der Waals surface area contributed by atoms with Gasteiger partial charge in [0, 0.05) is 19.0 Å². The number of urea groups is 1. The second kappa shape index (κ2) is 7.11. The molecule has 2 aliphatic heterocycles. The smallest absolute Gasteiger partial charge is 0.324 e. The number of amides is 3. The predicted octanol–water partition coefficient (Wildman–Crippen LogP) is 1.59. The fraction of sp³-hybridized carbons (Fsp3) is 0.765. The topological polar surface area (TPSA) is 89.4 Å². The first-order valence-corrected chi connectivity index (χ1v) is 9.30. The summed E-state index contributed by atoms with van der Waals surface area (Å²) in [6, 6.07) is -0.332. The number of fused-ring (bicyclic) bond motifs is 1. The minimum atomic E-state index is -0.304. The van der Waals surface area contributed by atoms with Crippen molar-refractivity contribution in [3.05, 3.63) is 11.6 Å². The van der Waals surface area contributed by atoms with Gasteiger partial charge in [0.1, 0.15) is 6.61 Å². The summed E-state index contributed by atoms with van der Waals surface area (Å²) < 4.78 is 7.29. The Morgan fingerprint density at radius 1 is 1.16 bits per heavy atom. The lowest BCUT2D eigenvalue weighted by atomic mass is 9.84. The molecule has 3 aliphatic rings. The van der Waals surface area contributed by atoms with Crippen molar-refractivity contribution in [3.8, 4) is 0 Å². The van der Waals surface area contributed by atoms with Crippen LogP contribution in [0.15, 0.2) is 0 Å². The molecule has 25 heavy (non-hydrogen) atoms. The Labute approximate surface area is 146 Å². The quantitative estimate of drug-likeness (QED) is 0.893. The number of hydrogen-bond donors (Lipinski definition) is 1. The molecule has 0 radical (unpaired) electrons. The summed E-state index contributed by atoms with van der Waals surface area (Å²) in [6.07, 6.45) is 7.60. The second-order valence-corrected chi connectivity index (χ2v) is 7.31. The Bertz CT molecular complexity index is 635. The highest BCUT2D eigenvalue weighted by Crippen LogP contribution is 2.29. The van der Waals surface area contributed by atoms with Gasteiger partial charge in [-0.1, -0.05) is 32.1 Å². The van der Waals surface area contributed by atoms with E-state index < -0.39 is 0 Å². The molecule has 2 fully saturated rings. The molecule has 4 rings (SSSR count). The van der Waals surface area contributed by atoms with E-state index in [0.717, 1.165) is 12.2 Å². The van der Waals surface area contributed by atoms with Gasteiger partial charge in [-0.05, 0) is 12.3 Å². The Morgan fingerprint density at radius 2 is 2.00 bits per heavy atom. The number of hydrogen-bond acceptors (Lipinski definition) is 5. The van der Waals surface area contributed by atoms with Crippen molar-refractivity contribution in [1.29, 1.82) is 0 Å². The molecular weight excluding hydrogens is 322 g/mol. The monoisotopic (exact) mass is 347 g/mol. The fourth-order valence-electron chi connectivity index (χ4n) is 4.18. The number of rotatable bonds is 4. The molecule has 3 amide bonds. The predicted molar refractivity (Wildman–Crippen MR) is 88.4 cm³/mol. The number of imide groups is 1. The summed E-state index contributed by atoms with van der Waals surface area (Å²) in [5.74, 6) is 1.92. The first kappa shape index (κ1) is 16.5. The van der Waals surface area contributed by atoms with Gasteiger partial charge in [0.2, 0.25) is 5.91 Å². The zero-order chi connectivity index (χ0) is 17.2. The lowest BCUT2D eigenvalue weighted by Crippen LogP contribution is -2.54. The lowest BCUT2D eigenvalue weighted by Gasteiger charge is -2.33. The first-order chi connectivity index (χ1) is 12.2. The molecule has 136 valence electrons. The minimum Gasteiger partial charge on any atom is -0.372 e. The highest BCUT2D eigenvalue weighted by atomic mass is 16.5. The zero-order valence-corrected chi connectivity index (χ0v) is 14.4. The molecule has 0 unspecified atom stereocenters. The van der Waals surface area contributed by atoms with Gasteiger partial charge in [-0.25, -0.2) is 4.79 Å². The molecule has 1 aliphatic carbocycles. The van der Waals surface area contributed by atoms with Crippen LogP contribution in [-0.2, 0) is 29.2 Å². The number of carbonyl (C=O) groups is 2. The van der Waals surface area contributed by atoms with Gasteiger partial charge in [-0.3, -0.25) is 9.69 Å². The molecule has 0 spiro atoms. The molecule has 1 saturated heterocycles. The summed E-state index contributed by atoms with van der Waals surface area (Å²) in [4.78, 5) is 26.3. The SMILES string of the molecule is O=C1C[C@H](CC2CCCCC2)NC(=O)N1Cc1nnc2n1CCOC2. The molecule has 3 heterocycles. The summed E-state index contributed by atoms with van der Waals surface area (Å²) in [7, 11) is 0. The van der Waals surface area contributed by atoms with Crippen LogP contribution in [0.25, 0.3) is 0 Å². The Balaban J connectivity index is 1.38. The summed E-state index contributed by atoms with van der Waals surface area (Å²) in [6.45, 7) is 1.86. The van der Waals surface area contributed by atoms with Crippen molar-refractivity contribution in [1.82, 2.24) is 25.0 Å². The Morgan fingerprint density at radius 3 is 2.80 bits per heavy atom. The molecule has 1 aromatic heterocycles. The largest absolute Gasteiger partial charge is 0.372 e. The molecule has 0 bridgehead atoms. The zero-order valence-electron chi connectivity index (χ0n) is 14.4. The van der Waals surface area contributed by atoms with Crippen LogP contribution >= 0.6 is 0 Å². The van der Waals surface area contributed by atoms with Crippen molar-refractivity contribution in [3.63, 3.8) is 0 Å². The van der Waals surface area contributed by atoms with Gasteiger partial charge in [-0.15, -0.1) is 10.2 Å². The number of nitrogens with zero attached hydrogens (tertiary/aromatic N) is 4. The van der Waals surface area contributed by atoms with Gasteiger partial charge >= 0.3 is 6.03 Å². The third kappa shape index (κ3) is 3.53. The molecule has 1 N–H and O–H groups in total. The van der Waals surface area contributed by atoms with Crippen LogP contribution in [0.2, 0.25) is 0 Å². The van der Waals surface area contributed by atoms with Crippen molar-refractivity contribution in [2.75, 3.05) is 6.61 Å². The first-order valence-electron chi connectivity index (χ1n) is 9.30. The number of aromatic nitrogens is 3. The van der Waals surface area contributed by atoms with E-state index in [1.807, 2.05) is 4.57 Å². The third-order valence-corrected chi connectivity index (χ3v) is 5.53. The Kier molecular flexibility index (Phi) is 4.70. The Hall–Kier alpha value is -1.96. The normalized spacial score (nSPS) is 25.0. The van der Waals surface area contributed by atoms with E-state index in [-0.39, 0.29) is 24.5 Å². The molecule has 1 saturated carbocycles. The number of nitrogens with one attached hydrogen (secondary N) is 1. The fourth-order valence-corrected chi connectivity index (χ4v) is 4.18. The maximum Gasteiger partial charge on any atom is 0.324 e. The molecule has 8 heteroatoms. The summed E-state index contributed by atoms with van der Waals surface area (Å²) in [5, 5.41) is 11.2. The van der Waals surface area contributed by atoms with E-state index in [0.29, 0.717) is 37.9 Å². The van der Waals surface area contributed by atoms with E-state index in [1.165, 1.54) is 37.0 Å². The standard InChI is InChI=1S/C17H25N5O3/c23-16-9-13(8-12-4-2-1-3-5-12)18-17(24)22(16)10-14-19-20-15-11-25-7-6-21(14)15/h12-13H,1-11H2,(H,18,24)/t13-/m0/s1. The minimum absolute atomic E-state index is 0.0277. The average molecular weight is 347 g/mol. The van der Waals surface area contributed by atoms with Crippen LogP contribution in [-0.4, -0.2) is 44.3 Å². The van der Waals surface area contributed by atoms with E-state index in [4.69, 9.17) is 4.74 Å². The van der Waals surface area contributed by atoms with Gasteiger partial charge in [-0.2, -0.15) is 0 Å². The van der Waals surface area contributed by atoms with Crippen LogP contribution in [0.4, 0.5) is 4.79 Å². The van der Waals surface area contributed by atoms with Crippen LogP contribution < -0.4 is 5.32 Å². The molecule has 1 atom stereocenters. The average Bonchev–Trinajstić information content (AvgIpc) is 3.02. The van der Waals surface area contributed by atoms with Gasteiger partial charge in [0.25, 0.3) is 0 Å². The van der Waals surface area contributed by atoms with Crippen molar-refractivity contribution < 1.29 is 14.3 Å². The number of carbonyl (C=O) groups excluding carboxylic acids is 2. The molecular formula is C17H25N5O3. The summed E-state index contributed by atoms with van der Waals surface area (Å²) >= 11 is 0. The van der Waals surface area contributed by atoms with E-state index >= 15 is 0 Å². The van der Waals surface area contributed by atoms with E-state index in [1.54, 1.807) is 0 Å². The summed E-state index contributed by atoms with van der Waals surface area (Å²) in [5.41, 5.74) is 0. The van der Waals surface area contributed by atoms with Crippen molar-refractivity contribution in [2.45, 2.75) is 70.7 Å². The molecule has 1 aromatic rings.